The molecule has 3 N–H and O–H groups in total. The van der Waals surface area contributed by atoms with Gasteiger partial charge in [-0.05, 0) is 43.2 Å². The predicted octanol–water partition coefficient (Wildman–Crippen LogP) is 4.26. The maximum absolute atomic E-state index is 12.5. The van der Waals surface area contributed by atoms with Gasteiger partial charge in [-0.1, -0.05) is 41.5 Å². The molecule has 3 heterocycles. The molecule has 1 aliphatic rings. The Labute approximate surface area is 221 Å². The molecule has 0 aliphatic carbocycles. The number of nitrogens with one attached hydrogen (secondary N) is 2. The second-order valence-electron chi connectivity index (χ2n) is 13.4. The number of carbonyl (C=O) groups is 1. The van der Waals surface area contributed by atoms with Crippen molar-refractivity contribution >= 4 is 33.6 Å². The zero-order valence-corrected chi connectivity index (χ0v) is 26.2. The molecule has 0 saturated carbocycles. The lowest BCUT2D eigenvalue weighted by atomic mass is 9.89. The zero-order chi connectivity index (χ0) is 28.2. The number of imidazole rings is 1. The van der Waals surface area contributed by atoms with Gasteiger partial charge < -0.3 is 23.7 Å². The average molecular weight is 552 g/mol. The Morgan fingerprint density at radius 3 is 2.30 bits per heavy atom. The molecule has 208 valence electrons. The van der Waals surface area contributed by atoms with Crippen LogP contribution in [0.2, 0.25) is 36.3 Å². The number of fused-ring (bicyclic) bond motifs is 1. The molecule has 3 rings (SSSR count). The third-order valence-corrected chi connectivity index (χ3v) is 17.4. The summed E-state index contributed by atoms with van der Waals surface area (Å²) in [5, 5.41) is 21.0. The molecule has 1 aliphatic heterocycles. The van der Waals surface area contributed by atoms with E-state index in [9.17, 15) is 9.90 Å². The van der Waals surface area contributed by atoms with E-state index < -0.39 is 40.7 Å². The highest BCUT2D eigenvalue weighted by atomic mass is 28.4. The summed E-state index contributed by atoms with van der Waals surface area (Å²) in [6, 6.07) is 0. The summed E-state index contributed by atoms with van der Waals surface area (Å²) in [5.74, 6) is -0.200. The normalized spacial score (nSPS) is 25.7. The van der Waals surface area contributed by atoms with E-state index in [4.69, 9.17) is 19.0 Å². The molecule has 0 spiro atoms. The number of H-pyrrole nitrogens is 1. The predicted molar refractivity (Wildman–Crippen MR) is 147 cm³/mol. The molecule has 2 aromatic heterocycles. The molecule has 0 bridgehead atoms. The Bertz CT molecular complexity index is 1200. The van der Waals surface area contributed by atoms with Gasteiger partial charge in [0.1, 0.15) is 35.4 Å². The van der Waals surface area contributed by atoms with Crippen molar-refractivity contribution in [2.75, 3.05) is 6.61 Å². The maximum Gasteiger partial charge on any atom is 0.192 e. The fraction of sp³-hybridized carbons (Fsp3) is 0.760. The van der Waals surface area contributed by atoms with Crippen molar-refractivity contribution < 1.29 is 23.5 Å². The van der Waals surface area contributed by atoms with Crippen molar-refractivity contribution in [3.05, 3.63) is 18.1 Å². The molecule has 0 unspecified atom stereocenters. The second kappa shape index (κ2) is 9.80. The Hall–Kier alpha value is -1.71. The van der Waals surface area contributed by atoms with Crippen molar-refractivity contribution in [3.63, 3.8) is 0 Å². The quantitative estimate of drug-likeness (QED) is 0.417. The SMILES string of the molecule is CC(=O)C[C@]1(O)[C@@H](O[Si](C)(C)C(C)(C)C)[C@@H](CO[Si](C)(C)C(C)(C)C)O[C@H]1n1cnc2nc[nH]c2c1=N. The zero-order valence-electron chi connectivity index (χ0n) is 24.2. The van der Waals surface area contributed by atoms with Crippen LogP contribution in [0.5, 0.6) is 0 Å². The van der Waals surface area contributed by atoms with Gasteiger partial charge >= 0.3 is 0 Å². The summed E-state index contributed by atoms with van der Waals surface area (Å²) in [6.45, 7) is 23.1. The summed E-state index contributed by atoms with van der Waals surface area (Å²) in [7, 11) is -4.58. The molecule has 4 atom stereocenters. The van der Waals surface area contributed by atoms with Crippen LogP contribution in [0.4, 0.5) is 0 Å². The van der Waals surface area contributed by atoms with Crippen molar-refractivity contribution in [3.8, 4) is 0 Å². The summed E-state index contributed by atoms with van der Waals surface area (Å²) in [5.41, 5.74) is -0.884. The number of nitrogens with zero attached hydrogens (tertiary/aromatic N) is 3. The van der Waals surface area contributed by atoms with Crippen LogP contribution < -0.4 is 5.49 Å². The van der Waals surface area contributed by atoms with Gasteiger partial charge in [0.15, 0.2) is 34.0 Å². The van der Waals surface area contributed by atoms with E-state index in [1.165, 1.54) is 24.1 Å². The van der Waals surface area contributed by atoms with Gasteiger partial charge in [0, 0.05) is 6.42 Å². The van der Waals surface area contributed by atoms with Gasteiger partial charge in [0.25, 0.3) is 0 Å². The van der Waals surface area contributed by atoms with E-state index in [2.05, 4.69) is 82.7 Å². The lowest BCUT2D eigenvalue weighted by Gasteiger charge is -2.43. The minimum Gasteiger partial charge on any atom is -0.414 e. The molecule has 0 radical (unpaired) electrons. The number of aliphatic hydroxyl groups is 1. The third-order valence-electron chi connectivity index (χ3n) is 8.41. The van der Waals surface area contributed by atoms with Gasteiger partial charge in [0.05, 0.1) is 12.9 Å². The lowest BCUT2D eigenvalue weighted by molar-refractivity contribution is -0.138. The van der Waals surface area contributed by atoms with E-state index >= 15 is 0 Å². The third kappa shape index (κ3) is 5.69. The molecular weight excluding hydrogens is 506 g/mol. The first kappa shape index (κ1) is 29.8. The highest BCUT2D eigenvalue weighted by Gasteiger charge is 2.60. The smallest absolute Gasteiger partial charge is 0.192 e. The topological polar surface area (TPSA) is 135 Å². The first-order valence-corrected chi connectivity index (χ1v) is 18.7. The summed E-state index contributed by atoms with van der Waals surface area (Å²) in [6.07, 6.45) is 0.143. The number of ether oxygens (including phenoxy) is 1. The molecule has 0 amide bonds. The second-order valence-corrected chi connectivity index (χ2v) is 22.9. The Morgan fingerprint density at radius 1 is 1.16 bits per heavy atom. The van der Waals surface area contributed by atoms with Crippen LogP contribution in [0.25, 0.3) is 11.2 Å². The highest BCUT2D eigenvalue weighted by molar-refractivity contribution is 6.74. The van der Waals surface area contributed by atoms with E-state index in [0.29, 0.717) is 11.2 Å². The van der Waals surface area contributed by atoms with Crippen molar-refractivity contribution in [1.82, 2.24) is 19.5 Å². The first-order chi connectivity index (χ1) is 16.7. The summed E-state index contributed by atoms with van der Waals surface area (Å²) in [4.78, 5) is 23.9. The van der Waals surface area contributed by atoms with Crippen LogP contribution in [-0.2, 0) is 18.4 Å². The van der Waals surface area contributed by atoms with Crippen LogP contribution in [0.1, 0.15) is 61.1 Å². The minimum absolute atomic E-state index is 0.0187. The number of ketones is 1. The monoisotopic (exact) mass is 551 g/mol. The minimum atomic E-state index is -2.42. The number of rotatable bonds is 8. The van der Waals surface area contributed by atoms with Crippen LogP contribution in [0, 0.1) is 5.41 Å². The van der Waals surface area contributed by atoms with E-state index in [1.807, 2.05) is 0 Å². The van der Waals surface area contributed by atoms with Crippen molar-refractivity contribution in [2.45, 2.75) is 115 Å². The number of Topliss-reactive ketones (excluding diaryl/α,β-unsaturated/α-hetero) is 1. The molecule has 10 nitrogen and oxygen atoms in total. The van der Waals surface area contributed by atoms with E-state index in [1.54, 1.807) is 0 Å². The average Bonchev–Trinajstić information content (AvgIpc) is 3.29. The summed E-state index contributed by atoms with van der Waals surface area (Å²) < 4.78 is 21.4. The number of hydrogen-bond donors (Lipinski definition) is 3. The van der Waals surface area contributed by atoms with E-state index in [0.717, 1.165) is 0 Å². The molecular formula is C25H45N5O5Si2. The number of aromatic nitrogens is 4. The number of carbonyl (C=O) groups excluding carboxylic acids is 1. The van der Waals surface area contributed by atoms with Gasteiger partial charge in [-0.3, -0.25) is 14.8 Å². The van der Waals surface area contributed by atoms with Crippen molar-refractivity contribution in [2.24, 2.45) is 0 Å². The highest BCUT2D eigenvalue weighted by Crippen LogP contribution is 2.47. The fourth-order valence-electron chi connectivity index (χ4n) is 4.06. The van der Waals surface area contributed by atoms with Gasteiger partial charge in [-0.25, -0.2) is 9.97 Å². The molecule has 1 saturated heterocycles. The molecule has 12 heteroatoms. The molecule has 0 aromatic carbocycles. The molecule has 1 fully saturated rings. The van der Waals surface area contributed by atoms with Gasteiger partial charge in [-0.2, -0.15) is 0 Å². The Morgan fingerprint density at radius 2 is 1.76 bits per heavy atom. The van der Waals surface area contributed by atoms with Gasteiger partial charge in [-0.15, -0.1) is 0 Å². The summed E-state index contributed by atoms with van der Waals surface area (Å²) >= 11 is 0. The fourth-order valence-corrected chi connectivity index (χ4v) is 6.41. The Kier molecular flexibility index (Phi) is 7.90. The van der Waals surface area contributed by atoms with Crippen molar-refractivity contribution in [1.29, 1.82) is 5.41 Å². The first-order valence-electron chi connectivity index (χ1n) is 12.9. The van der Waals surface area contributed by atoms with E-state index in [-0.39, 0.29) is 34.4 Å². The molecule has 37 heavy (non-hydrogen) atoms. The van der Waals surface area contributed by atoms with Crippen LogP contribution in [0.15, 0.2) is 12.7 Å². The lowest BCUT2D eigenvalue weighted by Crippen LogP contribution is -2.57. The standard InChI is InChI=1S/C25H45N5O5Si2/c1-16(31)12-25(32)19(35-37(10,11)24(5,6)7)17(13-33-36(8,9)23(2,3)4)34-22(25)30-15-29-21-18(20(30)26)27-14-28-21/h14-15,17,19,22,26,32H,12-13H2,1-11H3,(H,27,28)/t17-,19+,22-,25+/m1/s1. The van der Waals surface area contributed by atoms with Gasteiger partial charge in [0.2, 0.25) is 0 Å². The molecule has 2 aromatic rings. The largest absolute Gasteiger partial charge is 0.414 e. The van der Waals surface area contributed by atoms with Crippen LogP contribution >= 0.6 is 0 Å². The number of aromatic amines is 1. The maximum atomic E-state index is 12.5. The van der Waals surface area contributed by atoms with Crippen LogP contribution in [-0.4, -0.2) is 71.5 Å². The van der Waals surface area contributed by atoms with Crippen LogP contribution in [0.3, 0.4) is 0 Å². The number of hydrogen-bond acceptors (Lipinski definition) is 8. The Balaban J connectivity index is 2.13.